The smallest absolute Gasteiger partial charge is 0.326 e. The van der Waals surface area contributed by atoms with Gasteiger partial charge in [0.25, 0.3) is 0 Å². The summed E-state index contributed by atoms with van der Waals surface area (Å²) in [5.74, 6) is -1.38. The van der Waals surface area contributed by atoms with Gasteiger partial charge in [-0.2, -0.15) is 0 Å². The van der Waals surface area contributed by atoms with E-state index in [9.17, 15) is 14.4 Å². The Kier molecular flexibility index (Phi) is 5.79. The second-order valence-electron chi connectivity index (χ2n) is 5.36. The first kappa shape index (κ1) is 15.5. The second-order valence-corrected chi connectivity index (χ2v) is 5.36. The fraction of sp³-hybridized carbons (Fsp3) is 0.769. The predicted octanol–water partition coefficient (Wildman–Crippen LogP) is 0.648. The molecule has 4 N–H and O–H groups in total. The van der Waals surface area contributed by atoms with Crippen molar-refractivity contribution in [2.45, 2.75) is 51.5 Å². The lowest BCUT2D eigenvalue weighted by molar-refractivity contribution is -0.143. The molecule has 0 heterocycles. The number of hydrogen-bond acceptors (Lipinski definition) is 3. The second kappa shape index (κ2) is 7.11. The van der Waals surface area contributed by atoms with E-state index in [4.69, 9.17) is 10.8 Å². The zero-order chi connectivity index (χ0) is 14.4. The van der Waals surface area contributed by atoms with Crippen LogP contribution >= 0.6 is 0 Å². The van der Waals surface area contributed by atoms with Gasteiger partial charge in [-0.3, -0.25) is 9.59 Å². The summed E-state index contributed by atoms with van der Waals surface area (Å²) < 4.78 is 0. The molecule has 0 aromatic carbocycles. The maximum Gasteiger partial charge on any atom is 0.326 e. The van der Waals surface area contributed by atoms with Crippen LogP contribution in [0.3, 0.4) is 0 Å². The van der Waals surface area contributed by atoms with Crippen LogP contribution in [0, 0.1) is 11.8 Å². The van der Waals surface area contributed by atoms with Crippen molar-refractivity contribution in [3.05, 3.63) is 0 Å². The zero-order valence-corrected chi connectivity index (χ0v) is 11.2. The van der Waals surface area contributed by atoms with Gasteiger partial charge in [-0.1, -0.05) is 6.92 Å². The molecule has 1 rings (SSSR count). The number of carboxylic acid groups (broad SMARTS) is 1. The van der Waals surface area contributed by atoms with Crippen LogP contribution in [-0.2, 0) is 14.4 Å². The van der Waals surface area contributed by atoms with Crippen LogP contribution in [0.5, 0.6) is 0 Å². The average Bonchev–Trinajstić information content (AvgIpc) is 2.34. The summed E-state index contributed by atoms with van der Waals surface area (Å²) in [7, 11) is 0. The molecule has 1 atom stereocenters. The Balaban J connectivity index is 2.46. The number of hydrogen-bond donors (Lipinski definition) is 3. The van der Waals surface area contributed by atoms with Gasteiger partial charge >= 0.3 is 5.97 Å². The third kappa shape index (κ3) is 5.28. The van der Waals surface area contributed by atoms with Crippen molar-refractivity contribution in [3.8, 4) is 0 Å². The summed E-state index contributed by atoms with van der Waals surface area (Å²) in [6.07, 6.45) is 3.59. The van der Waals surface area contributed by atoms with Crippen LogP contribution in [0.1, 0.15) is 45.4 Å². The topological polar surface area (TPSA) is 109 Å². The number of nitrogens with one attached hydrogen (secondary N) is 1. The zero-order valence-electron chi connectivity index (χ0n) is 11.2. The van der Waals surface area contributed by atoms with Crippen LogP contribution in [-0.4, -0.2) is 28.9 Å². The van der Waals surface area contributed by atoms with E-state index in [0.29, 0.717) is 5.92 Å². The van der Waals surface area contributed by atoms with E-state index in [-0.39, 0.29) is 24.7 Å². The summed E-state index contributed by atoms with van der Waals surface area (Å²) in [5.41, 5.74) is 4.99. The van der Waals surface area contributed by atoms with Crippen molar-refractivity contribution < 1.29 is 19.5 Å². The molecular formula is C13H22N2O4. The summed E-state index contributed by atoms with van der Waals surface area (Å²) in [4.78, 5) is 33.7. The van der Waals surface area contributed by atoms with Crippen molar-refractivity contribution in [1.29, 1.82) is 0 Å². The first-order valence-corrected chi connectivity index (χ1v) is 6.71. The molecule has 1 aliphatic rings. The van der Waals surface area contributed by atoms with Crippen molar-refractivity contribution in [2.24, 2.45) is 17.6 Å². The summed E-state index contributed by atoms with van der Waals surface area (Å²) in [6.45, 7) is 2.15. The van der Waals surface area contributed by atoms with E-state index in [1.165, 1.54) is 0 Å². The van der Waals surface area contributed by atoms with Gasteiger partial charge in [0, 0.05) is 12.3 Å². The highest BCUT2D eigenvalue weighted by Gasteiger charge is 2.28. The molecule has 0 saturated heterocycles. The Morgan fingerprint density at radius 1 is 1.26 bits per heavy atom. The highest BCUT2D eigenvalue weighted by molar-refractivity contribution is 5.85. The van der Waals surface area contributed by atoms with Crippen LogP contribution in [0.4, 0.5) is 0 Å². The standard InChI is InChI=1S/C13H22N2O4/c1-8-2-4-9(5-3-8)12(17)15-10(13(18)19)6-7-11(14)16/h8-10H,2-7H2,1H3,(H2,14,16)(H,15,17)(H,18,19). The first-order valence-electron chi connectivity index (χ1n) is 6.71. The number of carbonyl (C=O) groups is 3. The summed E-state index contributed by atoms with van der Waals surface area (Å²) in [6, 6.07) is -1.03. The maximum absolute atomic E-state index is 12.0. The van der Waals surface area contributed by atoms with Gasteiger partial charge in [0.15, 0.2) is 0 Å². The molecule has 6 nitrogen and oxygen atoms in total. The molecule has 0 radical (unpaired) electrons. The SMILES string of the molecule is CC1CCC(C(=O)NC(CCC(N)=O)C(=O)O)CC1. The predicted molar refractivity (Wildman–Crippen MR) is 69.1 cm³/mol. The number of rotatable bonds is 6. The minimum Gasteiger partial charge on any atom is -0.480 e. The van der Waals surface area contributed by atoms with Crippen molar-refractivity contribution in [3.63, 3.8) is 0 Å². The van der Waals surface area contributed by atoms with E-state index >= 15 is 0 Å². The largest absolute Gasteiger partial charge is 0.480 e. The van der Waals surface area contributed by atoms with Gasteiger partial charge in [0.1, 0.15) is 6.04 Å². The van der Waals surface area contributed by atoms with Crippen LogP contribution in [0.25, 0.3) is 0 Å². The molecule has 2 amide bonds. The van der Waals surface area contributed by atoms with Crippen molar-refractivity contribution in [2.75, 3.05) is 0 Å². The number of aliphatic carboxylic acids is 1. The lowest BCUT2D eigenvalue weighted by Crippen LogP contribution is -2.44. The van der Waals surface area contributed by atoms with E-state index < -0.39 is 17.9 Å². The fourth-order valence-corrected chi connectivity index (χ4v) is 2.36. The number of nitrogens with two attached hydrogens (primary N) is 1. The molecule has 1 aliphatic carbocycles. The third-order valence-electron chi connectivity index (χ3n) is 3.68. The summed E-state index contributed by atoms with van der Waals surface area (Å²) >= 11 is 0. The van der Waals surface area contributed by atoms with E-state index in [1.54, 1.807) is 0 Å². The molecule has 19 heavy (non-hydrogen) atoms. The summed E-state index contributed by atoms with van der Waals surface area (Å²) in [5, 5.41) is 11.5. The molecule has 0 aromatic rings. The minimum absolute atomic E-state index is 0.0412. The number of amides is 2. The molecule has 6 heteroatoms. The Bertz CT molecular complexity index is 349. The average molecular weight is 270 g/mol. The van der Waals surface area contributed by atoms with Gasteiger partial charge in [-0.25, -0.2) is 4.79 Å². The molecule has 1 unspecified atom stereocenters. The molecular weight excluding hydrogens is 248 g/mol. The third-order valence-corrected chi connectivity index (χ3v) is 3.68. The highest BCUT2D eigenvalue weighted by Crippen LogP contribution is 2.28. The highest BCUT2D eigenvalue weighted by atomic mass is 16.4. The monoisotopic (exact) mass is 270 g/mol. The van der Waals surface area contributed by atoms with E-state index in [0.717, 1.165) is 25.7 Å². The number of primary amides is 1. The minimum atomic E-state index is -1.13. The molecule has 0 bridgehead atoms. The lowest BCUT2D eigenvalue weighted by atomic mass is 9.82. The molecule has 108 valence electrons. The normalized spacial score (nSPS) is 24.5. The van der Waals surface area contributed by atoms with Gasteiger partial charge < -0.3 is 16.2 Å². The van der Waals surface area contributed by atoms with E-state index in [2.05, 4.69) is 12.2 Å². The van der Waals surface area contributed by atoms with Crippen LogP contribution in [0.2, 0.25) is 0 Å². The van der Waals surface area contributed by atoms with Gasteiger partial charge in [-0.15, -0.1) is 0 Å². The van der Waals surface area contributed by atoms with Gasteiger partial charge in [0.2, 0.25) is 11.8 Å². The maximum atomic E-state index is 12.0. The fourth-order valence-electron chi connectivity index (χ4n) is 2.36. The Morgan fingerprint density at radius 2 is 1.84 bits per heavy atom. The number of carboxylic acids is 1. The lowest BCUT2D eigenvalue weighted by Gasteiger charge is -2.26. The molecule has 0 aromatic heterocycles. The molecule has 0 aliphatic heterocycles. The molecule has 1 saturated carbocycles. The quantitative estimate of drug-likeness (QED) is 0.658. The number of carbonyl (C=O) groups excluding carboxylic acids is 2. The van der Waals surface area contributed by atoms with Gasteiger partial charge in [-0.05, 0) is 38.0 Å². The van der Waals surface area contributed by atoms with Crippen molar-refractivity contribution >= 4 is 17.8 Å². The molecule has 0 spiro atoms. The Labute approximate surface area is 112 Å². The Hall–Kier alpha value is -1.59. The first-order chi connectivity index (χ1) is 8.90. The van der Waals surface area contributed by atoms with Crippen LogP contribution in [0.15, 0.2) is 0 Å². The van der Waals surface area contributed by atoms with Crippen molar-refractivity contribution in [1.82, 2.24) is 5.32 Å². The van der Waals surface area contributed by atoms with E-state index in [1.807, 2.05) is 0 Å². The van der Waals surface area contributed by atoms with Gasteiger partial charge in [0.05, 0.1) is 0 Å². The van der Waals surface area contributed by atoms with Crippen LogP contribution < -0.4 is 11.1 Å². The Morgan fingerprint density at radius 3 is 2.32 bits per heavy atom. The molecule has 1 fully saturated rings.